The summed E-state index contributed by atoms with van der Waals surface area (Å²) in [6.07, 6.45) is -1.51. The molecule has 0 spiro atoms. The maximum atomic E-state index is 12.4. The molecule has 0 aromatic carbocycles. The number of thioether (sulfide) groups is 1. The number of alkyl halides is 3. The molecule has 0 radical (unpaired) electrons. The first-order chi connectivity index (χ1) is 10.5. The average molecular weight is 334 g/mol. The number of rotatable bonds is 5. The molecular formula is C14H17F3N2O2S. The van der Waals surface area contributed by atoms with Crippen molar-refractivity contribution < 1.29 is 22.7 Å². The van der Waals surface area contributed by atoms with Crippen LogP contribution in [0.15, 0.2) is 18.3 Å². The van der Waals surface area contributed by atoms with Gasteiger partial charge in [-0.05, 0) is 25.0 Å². The van der Waals surface area contributed by atoms with Crippen LogP contribution in [0.4, 0.5) is 13.2 Å². The van der Waals surface area contributed by atoms with Gasteiger partial charge in [0.15, 0.2) is 0 Å². The molecule has 2 heterocycles. The molecular weight excluding hydrogens is 317 g/mol. The maximum absolute atomic E-state index is 12.4. The molecule has 8 heteroatoms. The average Bonchev–Trinajstić information content (AvgIpc) is 2.52. The highest BCUT2D eigenvalue weighted by molar-refractivity contribution is 7.99. The van der Waals surface area contributed by atoms with Crippen LogP contribution in [0.2, 0.25) is 0 Å². The van der Waals surface area contributed by atoms with Crippen molar-refractivity contribution in [2.45, 2.75) is 24.3 Å². The largest absolute Gasteiger partial charge is 0.433 e. The second-order valence-corrected chi connectivity index (χ2v) is 6.28. The summed E-state index contributed by atoms with van der Waals surface area (Å²) in [4.78, 5) is 15.1. The third-order valence-corrected chi connectivity index (χ3v) is 4.61. The summed E-state index contributed by atoms with van der Waals surface area (Å²) < 4.78 is 42.4. The summed E-state index contributed by atoms with van der Waals surface area (Å²) in [5, 5.41) is 3.24. The third kappa shape index (κ3) is 5.17. The van der Waals surface area contributed by atoms with Crippen molar-refractivity contribution in [2.75, 3.05) is 25.5 Å². The lowest BCUT2D eigenvalue weighted by atomic mass is 10.2. The zero-order valence-corrected chi connectivity index (χ0v) is 12.7. The number of carbonyl (C=O) groups excluding carboxylic acids is 1. The highest BCUT2D eigenvalue weighted by atomic mass is 32.2. The van der Waals surface area contributed by atoms with E-state index >= 15 is 0 Å². The summed E-state index contributed by atoms with van der Waals surface area (Å²) in [6.45, 7) is 2.03. The number of carbonyl (C=O) groups is 1. The minimum atomic E-state index is -4.49. The lowest BCUT2D eigenvalue weighted by molar-refractivity contribution is -0.141. The number of hydrogen-bond donors (Lipinski definition) is 1. The van der Waals surface area contributed by atoms with E-state index in [4.69, 9.17) is 4.74 Å². The number of pyridine rings is 1. The fourth-order valence-electron chi connectivity index (χ4n) is 2.03. The summed E-state index contributed by atoms with van der Waals surface area (Å²) in [6, 6.07) is 1.95. The second-order valence-electron chi connectivity index (χ2n) is 4.87. The molecule has 0 saturated carbocycles. The van der Waals surface area contributed by atoms with Gasteiger partial charge in [0.1, 0.15) is 5.69 Å². The Bertz CT molecular complexity index is 488. The molecule has 122 valence electrons. The van der Waals surface area contributed by atoms with Gasteiger partial charge in [0.2, 0.25) is 0 Å². The number of nitrogens with zero attached hydrogens (tertiary/aromatic N) is 1. The van der Waals surface area contributed by atoms with Crippen LogP contribution in [0.1, 0.15) is 28.9 Å². The van der Waals surface area contributed by atoms with Crippen LogP contribution in [0, 0.1) is 0 Å². The van der Waals surface area contributed by atoms with Crippen LogP contribution in [-0.2, 0) is 10.9 Å². The van der Waals surface area contributed by atoms with Gasteiger partial charge in [-0.1, -0.05) is 0 Å². The van der Waals surface area contributed by atoms with Gasteiger partial charge in [0.05, 0.1) is 5.56 Å². The fraction of sp³-hybridized carbons (Fsp3) is 0.571. The molecule has 0 unspecified atom stereocenters. The molecule has 1 aliphatic rings. The highest BCUT2D eigenvalue weighted by Gasteiger charge is 2.32. The Labute approximate surface area is 130 Å². The van der Waals surface area contributed by atoms with Crippen molar-refractivity contribution in [3.05, 3.63) is 29.6 Å². The van der Waals surface area contributed by atoms with Crippen molar-refractivity contribution in [3.63, 3.8) is 0 Å². The molecule has 1 aliphatic heterocycles. The Kier molecular flexibility index (Phi) is 6.07. The first-order valence-electron chi connectivity index (χ1n) is 6.97. The lowest BCUT2D eigenvalue weighted by Gasteiger charge is -2.21. The normalized spacial score (nSPS) is 16.5. The molecule has 1 aromatic rings. The Morgan fingerprint density at radius 3 is 2.68 bits per heavy atom. The first kappa shape index (κ1) is 17.1. The van der Waals surface area contributed by atoms with Crippen molar-refractivity contribution in [2.24, 2.45) is 0 Å². The lowest BCUT2D eigenvalue weighted by Crippen LogP contribution is -2.27. The standard InChI is InChI=1S/C14H17F3N2O2S/c15-14(16,17)12-2-1-10(9-19-12)13(20)18-5-8-22-11-3-6-21-7-4-11/h1-2,9,11H,3-8H2,(H,18,20). The number of hydrogen-bond acceptors (Lipinski definition) is 4. The Balaban J connectivity index is 1.72. The molecule has 4 nitrogen and oxygen atoms in total. The SMILES string of the molecule is O=C(NCCSC1CCOCC1)c1ccc(C(F)(F)F)nc1. The van der Waals surface area contributed by atoms with Gasteiger partial charge in [-0.15, -0.1) is 0 Å². The summed E-state index contributed by atoms with van der Waals surface area (Å²) in [7, 11) is 0. The molecule has 1 N–H and O–H groups in total. The third-order valence-electron chi connectivity index (χ3n) is 3.23. The monoisotopic (exact) mass is 334 g/mol. The van der Waals surface area contributed by atoms with Crippen molar-refractivity contribution in [1.29, 1.82) is 0 Å². The molecule has 0 aliphatic carbocycles. The number of ether oxygens (including phenoxy) is 1. The minimum Gasteiger partial charge on any atom is -0.381 e. The van der Waals surface area contributed by atoms with Gasteiger partial charge >= 0.3 is 6.18 Å². The predicted octanol–water partition coefficient (Wildman–Crippen LogP) is 2.74. The zero-order chi connectivity index (χ0) is 16.0. The van der Waals surface area contributed by atoms with E-state index in [1.165, 1.54) is 0 Å². The smallest absolute Gasteiger partial charge is 0.381 e. The van der Waals surface area contributed by atoms with E-state index in [1.54, 1.807) is 11.8 Å². The van der Waals surface area contributed by atoms with Crippen LogP contribution in [0.5, 0.6) is 0 Å². The van der Waals surface area contributed by atoms with Crippen LogP contribution >= 0.6 is 11.8 Å². The second kappa shape index (κ2) is 7.82. The van der Waals surface area contributed by atoms with Crippen LogP contribution in [-0.4, -0.2) is 41.7 Å². The van der Waals surface area contributed by atoms with Crippen molar-refractivity contribution >= 4 is 17.7 Å². The van der Waals surface area contributed by atoms with E-state index in [-0.39, 0.29) is 5.56 Å². The van der Waals surface area contributed by atoms with Crippen LogP contribution in [0.3, 0.4) is 0 Å². The van der Waals surface area contributed by atoms with Crippen LogP contribution < -0.4 is 5.32 Å². The molecule has 1 saturated heterocycles. The molecule has 0 bridgehead atoms. The Morgan fingerprint density at radius 2 is 2.09 bits per heavy atom. The van der Waals surface area contributed by atoms with E-state index in [9.17, 15) is 18.0 Å². The van der Waals surface area contributed by atoms with Gasteiger partial charge in [0, 0.05) is 37.0 Å². The van der Waals surface area contributed by atoms with E-state index in [1.807, 2.05) is 0 Å². The van der Waals surface area contributed by atoms with Crippen molar-refractivity contribution in [1.82, 2.24) is 10.3 Å². The number of halogens is 3. The number of nitrogens with one attached hydrogen (secondary N) is 1. The molecule has 1 fully saturated rings. The zero-order valence-electron chi connectivity index (χ0n) is 11.9. The molecule has 1 aromatic heterocycles. The van der Waals surface area contributed by atoms with E-state index in [0.717, 1.165) is 50.1 Å². The maximum Gasteiger partial charge on any atom is 0.433 e. The molecule has 0 atom stereocenters. The first-order valence-corrected chi connectivity index (χ1v) is 8.02. The summed E-state index contributed by atoms with van der Waals surface area (Å²) >= 11 is 1.78. The highest BCUT2D eigenvalue weighted by Crippen LogP contribution is 2.27. The van der Waals surface area contributed by atoms with Gasteiger partial charge in [-0.25, -0.2) is 0 Å². The number of aromatic nitrogens is 1. The van der Waals surface area contributed by atoms with Gasteiger partial charge < -0.3 is 10.1 Å². The van der Waals surface area contributed by atoms with Gasteiger partial charge in [-0.3, -0.25) is 9.78 Å². The Hall–Kier alpha value is -1.28. The molecule has 1 amide bonds. The topological polar surface area (TPSA) is 51.2 Å². The van der Waals surface area contributed by atoms with E-state index < -0.39 is 17.8 Å². The fourth-order valence-corrected chi connectivity index (χ4v) is 3.11. The van der Waals surface area contributed by atoms with Gasteiger partial charge in [-0.2, -0.15) is 24.9 Å². The molecule has 22 heavy (non-hydrogen) atoms. The van der Waals surface area contributed by atoms with Crippen LogP contribution in [0.25, 0.3) is 0 Å². The van der Waals surface area contributed by atoms with E-state index in [0.29, 0.717) is 11.8 Å². The summed E-state index contributed by atoms with van der Waals surface area (Å²) in [5.74, 6) is 0.360. The number of amides is 1. The van der Waals surface area contributed by atoms with Gasteiger partial charge in [0.25, 0.3) is 5.91 Å². The molecule has 2 rings (SSSR count). The quantitative estimate of drug-likeness (QED) is 0.841. The predicted molar refractivity (Wildman–Crippen MR) is 77.9 cm³/mol. The summed E-state index contributed by atoms with van der Waals surface area (Å²) in [5.41, 5.74) is -0.872. The minimum absolute atomic E-state index is 0.129. The Morgan fingerprint density at radius 1 is 1.36 bits per heavy atom. The van der Waals surface area contributed by atoms with Crippen molar-refractivity contribution in [3.8, 4) is 0 Å². The van der Waals surface area contributed by atoms with E-state index in [2.05, 4.69) is 10.3 Å².